The number of carbonyl (C=O) groups excluding carboxylic acids is 1. The van der Waals surface area contributed by atoms with Crippen molar-refractivity contribution in [3.63, 3.8) is 0 Å². The first kappa shape index (κ1) is 21.9. The normalized spacial score (nSPS) is 11.2. The van der Waals surface area contributed by atoms with Crippen molar-refractivity contribution in [2.75, 3.05) is 13.4 Å². The number of benzene rings is 3. The van der Waals surface area contributed by atoms with Crippen LogP contribution in [0, 0.1) is 30.2 Å². The molecule has 164 valence electrons. The zero-order chi connectivity index (χ0) is 23.2. The van der Waals surface area contributed by atoms with Crippen molar-refractivity contribution in [3.05, 3.63) is 71.1 Å². The second kappa shape index (κ2) is 8.31. The molecule has 1 heterocycles. The number of ether oxygens (including phenoxy) is 1. The highest BCUT2D eigenvalue weighted by Gasteiger charge is 2.28. The van der Waals surface area contributed by atoms with Gasteiger partial charge in [-0.15, -0.1) is 11.8 Å². The van der Waals surface area contributed by atoms with Crippen molar-refractivity contribution >= 4 is 28.8 Å². The minimum Gasteiger partial charge on any atom is -0.465 e. The Bertz CT molecular complexity index is 1340. The van der Waals surface area contributed by atoms with Gasteiger partial charge in [-0.3, -0.25) is 0 Å². The number of carbonyl (C=O) groups is 1. The van der Waals surface area contributed by atoms with Gasteiger partial charge < -0.3 is 9.72 Å². The maximum atomic E-state index is 15.1. The third kappa shape index (κ3) is 3.52. The molecule has 0 aliphatic carbocycles. The van der Waals surface area contributed by atoms with Gasteiger partial charge in [0.15, 0.2) is 23.3 Å². The summed E-state index contributed by atoms with van der Waals surface area (Å²) in [6, 6.07) is 8.34. The number of hydrogen-bond acceptors (Lipinski definition) is 4. The lowest BCUT2D eigenvalue weighted by atomic mass is 9.95. The molecule has 0 aliphatic heterocycles. The standard InChI is InChI=1S/C23H16F4N2O2S/c1-10-28-15-9-12(8-14(22(15)29-10)23(30)31-2)17-20(26)18(24)16(19(25)21(17)27)11-4-6-13(32-3)7-5-11/h4-9H,1-3H3,(H,28,29). The number of nitrogens with one attached hydrogen (secondary N) is 1. The van der Waals surface area contributed by atoms with E-state index in [0.29, 0.717) is 5.82 Å². The van der Waals surface area contributed by atoms with Crippen LogP contribution in [0.4, 0.5) is 17.6 Å². The number of thioether (sulfide) groups is 1. The number of rotatable bonds is 4. The van der Waals surface area contributed by atoms with Gasteiger partial charge in [0.05, 0.1) is 29.3 Å². The van der Waals surface area contributed by atoms with Gasteiger partial charge in [-0.25, -0.2) is 27.3 Å². The molecule has 0 aliphatic rings. The topological polar surface area (TPSA) is 55.0 Å². The predicted octanol–water partition coefficient (Wildman–Crippen LogP) is 6.27. The van der Waals surface area contributed by atoms with E-state index >= 15 is 17.6 Å². The average molecular weight is 460 g/mol. The van der Waals surface area contributed by atoms with E-state index in [-0.39, 0.29) is 27.7 Å². The molecule has 0 unspecified atom stereocenters. The Morgan fingerprint density at radius 3 is 2.03 bits per heavy atom. The van der Waals surface area contributed by atoms with Crippen molar-refractivity contribution in [2.45, 2.75) is 11.8 Å². The molecule has 0 spiro atoms. The fraction of sp³-hybridized carbons (Fsp3) is 0.130. The van der Waals surface area contributed by atoms with Gasteiger partial charge in [0.2, 0.25) is 0 Å². The van der Waals surface area contributed by atoms with E-state index in [0.717, 1.165) is 18.1 Å². The van der Waals surface area contributed by atoms with Crippen LogP contribution in [0.3, 0.4) is 0 Å². The van der Waals surface area contributed by atoms with Crippen LogP contribution in [0.15, 0.2) is 41.3 Å². The van der Waals surface area contributed by atoms with E-state index in [1.165, 1.54) is 30.0 Å². The molecule has 0 atom stereocenters. The van der Waals surface area contributed by atoms with E-state index < -0.39 is 40.4 Å². The molecule has 0 bridgehead atoms. The number of aromatic nitrogens is 2. The van der Waals surface area contributed by atoms with E-state index in [1.807, 2.05) is 6.26 Å². The number of aryl methyl sites for hydroxylation is 1. The fourth-order valence-corrected chi connectivity index (χ4v) is 3.96. The molecular formula is C23H16F4N2O2S. The largest absolute Gasteiger partial charge is 0.465 e. The lowest BCUT2D eigenvalue weighted by Crippen LogP contribution is -2.06. The number of nitrogens with zero attached hydrogens (tertiary/aromatic N) is 1. The Labute approximate surface area is 184 Å². The van der Waals surface area contributed by atoms with Crippen LogP contribution in [0.5, 0.6) is 0 Å². The summed E-state index contributed by atoms with van der Waals surface area (Å²) < 4.78 is 64.9. The molecule has 0 saturated carbocycles. The number of esters is 1. The third-order valence-corrected chi connectivity index (χ3v) is 5.78. The summed E-state index contributed by atoms with van der Waals surface area (Å²) in [5, 5.41) is 0. The molecule has 32 heavy (non-hydrogen) atoms. The van der Waals surface area contributed by atoms with Gasteiger partial charge in [0.1, 0.15) is 11.3 Å². The Morgan fingerprint density at radius 2 is 1.50 bits per heavy atom. The van der Waals surface area contributed by atoms with Crippen molar-refractivity contribution in [2.24, 2.45) is 0 Å². The molecule has 9 heteroatoms. The molecule has 0 fully saturated rings. The molecule has 4 nitrogen and oxygen atoms in total. The maximum absolute atomic E-state index is 15.1. The highest BCUT2D eigenvalue weighted by molar-refractivity contribution is 7.98. The number of fused-ring (bicyclic) bond motifs is 1. The molecule has 1 N–H and O–H groups in total. The third-order valence-electron chi connectivity index (χ3n) is 5.04. The Morgan fingerprint density at radius 1 is 0.938 bits per heavy atom. The van der Waals surface area contributed by atoms with Crippen LogP contribution in [0.1, 0.15) is 16.2 Å². The minimum absolute atomic E-state index is 0.00274. The van der Waals surface area contributed by atoms with E-state index in [1.54, 1.807) is 19.1 Å². The number of aromatic amines is 1. The summed E-state index contributed by atoms with van der Waals surface area (Å²) in [6.07, 6.45) is 1.82. The number of hydrogen-bond donors (Lipinski definition) is 1. The number of imidazole rings is 1. The lowest BCUT2D eigenvalue weighted by Gasteiger charge is -2.14. The number of halogens is 4. The van der Waals surface area contributed by atoms with Crippen LogP contribution in [-0.2, 0) is 4.74 Å². The van der Waals surface area contributed by atoms with Gasteiger partial charge in [-0.1, -0.05) is 12.1 Å². The van der Waals surface area contributed by atoms with E-state index in [4.69, 9.17) is 4.74 Å². The molecular weight excluding hydrogens is 444 g/mol. The van der Waals surface area contributed by atoms with Crippen molar-refractivity contribution in [1.29, 1.82) is 0 Å². The van der Waals surface area contributed by atoms with Gasteiger partial charge >= 0.3 is 5.97 Å². The first-order valence-electron chi connectivity index (χ1n) is 9.36. The first-order valence-corrected chi connectivity index (χ1v) is 10.6. The Hall–Kier alpha value is -3.33. The molecule has 4 rings (SSSR count). The highest BCUT2D eigenvalue weighted by atomic mass is 32.2. The fourth-order valence-electron chi connectivity index (χ4n) is 3.55. The quantitative estimate of drug-likeness (QED) is 0.169. The summed E-state index contributed by atoms with van der Waals surface area (Å²) in [6.45, 7) is 1.62. The zero-order valence-electron chi connectivity index (χ0n) is 17.1. The van der Waals surface area contributed by atoms with Crippen molar-refractivity contribution in [1.82, 2.24) is 9.97 Å². The van der Waals surface area contributed by atoms with Gasteiger partial charge in [0, 0.05) is 4.90 Å². The molecule has 0 amide bonds. The van der Waals surface area contributed by atoms with Crippen LogP contribution >= 0.6 is 11.8 Å². The van der Waals surface area contributed by atoms with Crippen LogP contribution in [-0.4, -0.2) is 29.3 Å². The van der Waals surface area contributed by atoms with Gasteiger partial charge in [-0.2, -0.15) is 0 Å². The van der Waals surface area contributed by atoms with Gasteiger partial charge in [0.25, 0.3) is 0 Å². The van der Waals surface area contributed by atoms with E-state index in [2.05, 4.69) is 9.97 Å². The first-order chi connectivity index (χ1) is 15.3. The summed E-state index contributed by atoms with van der Waals surface area (Å²) in [7, 11) is 1.14. The molecule has 0 saturated heterocycles. The summed E-state index contributed by atoms with van der Waals surface area (Å²) >= 11 is 1.41. The molecule has 0 radical (unpaired) electrons. The number of H-pyrrole nitrogens is 1. The zero-order valence-corrected chi connectivity index (χ0v) is 18.0. The SMILES string of the molecule is COC(=O)c1cc(-c2c(F)c(F)c(-c3ccc(SC)cc3)c(F)c2F)cc2[nH]c(C)nc12. The smallest absolute Gasteiger partial charge is 0.340 e. The van der Waals surface area contributed by atoms with Crippen LogP contribution in [0.25, 0.3) is 33.3 Å². The Balaban J connectivity index is 1.97. The second-order valence-electron chi connectivity index (χ2n) is 6.97. The second-order valence-corrected chi connectivity index (χ2v) is 7.85. The summed E-state index contributed by atoms with van der Waals surface area (Å²) in [5.74, 6) is -6.58. The summed E-state index contributed by atoms with van der Waals surface area (Å²) in [4.78, 5) is 20.0. The highest BCUT2D eigenvalue weighted by Crippen LogP contribution is 2.38. The van der Waals surface area contributed by atoms with Crippen LogP contribution in [0.2, 0.25) is 0 Å². The van der Waals surface area contributed by atoms with Crippen molar-refractivity contribution < 1.29 is 27.1 Å². The number of methoxy groups -OCH3 is 1. The lowest BCUT2D eigenvalue weighted by molar-refractivity contribution is 0.0603. The van der Waals surface area contributed by atoms with E-state index in [9.17, 15) is 4.79 Å². The van der Waals surface area contributed by atoms with Gasteiger partial charge in [-0.05, 0) is 48.6 Å². The molecule has 3 aromatic carbocycles. The van der Waals surface area contributed by atoms with Crippen LogP contribution < -0.4 is 0 Å². The average Bonchev–Trinajstić information content (AvgIpc) is 3.17. The summed E-state index contributed by atoms with van der Waals surface area (Å²) in [5.41, 5.74) is -1.59. The maximum Gasteiger partial charge on any atom is 0.340 e. The molecule has 4 aromatic rings. The Kier molecular flexibility index (Phi) is 5.68. The predicted molar refractivity (Wildman–Crippen MR) is 115 cm³/mol. The monoisotopic (exact) mass is 460 g/mol. The minimum atomic E-state index is -1.57. The molecule has 1 aromatic heterocycles. The van der Waals surface area contributed by atoms with Crippen molar-refractivity contribution in [3.8, 4) is 22.3 Å².